The molecule has 1 N–H and O–H groups in total. The molecule has 0 saturated carbocycles. The van der Waals surface area contributed by atoms with Crippen LogP contribution in [0.4, 0.5) is 4.39 Å². The smallest absolute Gasteiger partial charge is 0.338 e. The van der Waals surface area contributed by atoms with Crippen molar-refractivity contribution in [1.82, 2.24) is 0 Å². The standard InChI is InChI=1S/C12H12BrFO4/c13-11-9(14)10(8(6-15)17-11)18-12(16)7-4-2-1-3-5-7/h1-5,8-11,15H,6H2/t8-,9?,10?,11+/m1/s1. The number of hydrogen-bond donors (Lipinski definition) is 1. The molecule has 98 valence electrons. The van der Waals surface area contributed by atoms with E-state index in [4.69, 9.17) is 14.6 Å². The van der Waals surface area contributed by atoms with Crippen LogP contribution < -0.4 is 0 Å². The fourth-order valence-electron chi connectivity index (χ4n) is 1.73. The Morgan fingerprint density at radius 2 is 2.11 bits per heavy atom. The van der Waals surface area contributed by atoms with Crippen LogP contribution in [0.15, 0.2) is 30.3 Å². The molecule has 6 heteroatoms. The van der Waals surface area contributed by atoms with Gasteiger partial charge in [0.15, 0.2) is 12.3 Å². The highest BCUT2D eigenvalue weighted by Gasteiger charge is 2.46. The van der Waals surface area contributed by atoms with Crippen molar-refractivity contribution in [1.29, 1.82) is 0 Å². The van der Waals surface area contributed by atoms with Crippen molar-refractivity contribution in [2.75, 3.05) is 6.61 Å². The number of hydrogen-bond acceptors (Lipinski definition) is 4. The van der Waals surface area contributed by atoms with Gasteiger partial charge in [0.05, 0.1) is 12.2 Å². The van der Waals surface area contributed by atoms with Gasteiger partial charge in [0, 0.05) is 0 Å². The molecule has 1 fully saturated rings. The van der Waals surface area contributed by atoms with Gasteiger partial charge in [0.25, 0.3) is 0 Å². The SMILES string of the molecule is O=C(OC1C(F)[C@@H](Br)O[C@@H]1CO)c1ccccc1. The molecule has 0 amide bonds. The fourth-order valence-corrected chi connectivity index (χ4v) is 2.31. The lowest BCUT2D eigenvalue weighted by Crippen LogP contribution is -2.35. The highest BCUT2D eigenvalue weighted by atomic mass is 79.9. The van der Waals surface area contributed by atoms with Gasteiger partial charge in [-0.05, 0) is 12.1 Å². The van der Waals surface area contributed by atoms with Crippen LogP contribution in [0.25, 0.3) is 0 Å². The second-order valence-corrected chi connectivity index (χ2v) is 4.79. The number of esters is 1. The summed E-state index contributed by atoms with van der Waals surface area (Å²) in [6.45, 7) is -0.407. The van der Waals surface area contributed by atoms with Gasteiger partial charge in [-0.25, -0.2) is 9.18 Å². The maximum Gasteiger partial charge on any atom is 0.338 e. The molecule has 1 aliphatic rings. The minimum absolute atomic E-state index is 0.333. The first-order valence-electron chi connectivity index (χ1n) is 5.44. The molecule has 2 rings (SSSR count). The third kappa shape index (κ3) is 2.71. The van der Waals surface area contributed by atoms with Gasteiger partial charge in [-0.1, -0.05) is 34.1 Å². The van der Waals surface area contributed by atoms with E-state index in [0.717, 1.165) is 0 Å². The second-order valence-electron chi connectivity index (χ2n) is 3.89. The lowest BCUT2D eigenvalue weighted by atomic mass is 10.1. The van der Waals surface area contributed by atoms with Crippen molar-refractivity contribution in [2.45, 2.75) is 23.4 Å². The van der Waals surface area contributed by atoms with Crippen molar-refractivity contribution < 1.29 is 23.8 Å². The molecule has 4 atom stereocenters. The Bertz CT molecular complexity index is 414. The number of aliphatic hydroxyl groups excluding tert-OH is 1. The van der Waals surface area contributed by atoms with E-state index in [-0.39, 0.29) is 0 Å². The lowest BCUT2D eigenvalue weighted by molar-refractivity contribution is -0.0262. The molecular formula is C12H12BrFO4. The number of benzene rings is 1. The van der Waals surface area contributed by atoms with Crippen LogP contribution in [0, 0.1) is 0 Å². The van der Waals surface area contributed by atoms with Crippen LogP contribution in [-0.2, 0) is 9.47 Å². The van der Waals surface area contributed by atoms with Gasteiger partial charge >= 0.3 is 5.97 Å². The van der Waals surface area contributed by atoms with Crippen LogP contribution in [0.2, 0.25) is 0 Å². The number of rotatable bonds is 3. The van der Waals surface area contributed by atoms with Gasteiger partial charge in [-0.2, -0.15) is 0 Å². The first-order valence-corrected chi connectivity index (χ1v) is 6.35. The van der Waals surface area contributed by atoms with Gasteiger partial charge in [-0.15, -0.1) is 0 Å². The summed E-state index contributed by atoms with van der Waals surface area (Å²) in [4.78, 5) is 11.8. The number of carbonyl (C=O) groups is 1. The summed E-state index contributed by atoms with van der Waals surface area (Å²) in [5.74, 6) is -0.633. The Balaban J connectivity index is 2.06. The van der Waals surface area contributed by atoms with Crippen LogP contribution in [0.5, 0.6) is 0 Å². The van der Waals surface area contributed by atoms with E-state index in [9.17, 15) is 9.18 Å². The highest BCUT2D eigenvalue weighted by molar-refractivity contribution is 9.09. The van der Waals surface area contributed by atoms with E-state index >= 15 is 0 Å². The Hall–Kier alpha value is -0.980. The van der Waals surface area contributed by atoms with Crippen molar-refractivity contribution in [3.63, 3.8) is 0 Å². The molecular weight excluding hydrogens is 307 g/mol. The van der Waals surface area contributed by atoms with E-state index in [2.05, 4.69) is 15.9 Å². The van der Waals surface area contributed by atoms with E-state index in [1.54, 1.807) is 30.3 Å². The molecule has 0 spiro atoms. The molecule has 2 unspecified atom stereocenters. The summed E-state index contributed by atoms with van der Waals surface area (Å²) in [5.41, 5.74) is 0.333. The molecule has 1 saturated heterocycles. The third-order valence-electron chi connectivity index (χ3n) is 2.67. The molecule has 1 aromatic carbocycles. The van der Waals surface area contributed by atoms with Crippen molar-refractivity contribution in [3.8, 4) is 0 Å². The maximum absolute atomic E-state index is 13.7. The van der Waals surface area contributed by atoms with Gasteiger partial charge in [0.1, 0.15) is 11.1 Å². The largest absolute Gasteiger partial charge is 0.453 e. The predicted octanol–water partition coefficient (Wildman–Crippen LogP) is 1.66. The zero-order chi connectivity index (χ0) is 13.1. The highest BCUT2D eigenvalue weighted by Crippen LogP contribution is 2.30. The van der Waals surface area contributed by atoms with Crippen LogP contribution in [-0.4, -0.2) is 41.1 Å². The van der Waals surface area contributed by atoms with Gasteiger partial charge < -0.3 is 14.6 Å². The average molecular weight is 319 g/mol. The predicted molar refractivity (Wildman–Crippen MR) is 65.2 cm³/mol. The molecule has 1 aromatic rings. The van der Waals surface area contributed by atoms with Crippen molar-refractivity contribution in [3.05, 3.63) is 35.9 Å². The molecule has 1 heterocycles. The zero-order valence-corrected chi connectivity index (χ0v) is 10.9. The summed E-state index contributed by atoms with van der Waals surface area (Å²) in [6.07, 6.45) is -3.46. The van der Waals surface area contributed by atoms with E-state index < -0.39 is 36.0 Å². The number of ether oxygens (including phenoxy) is 2. The summed E-state index contributed by atoms with van der Waals surface area (Å²) in [5, 5.41) is 8.18. The zero-order valence-electron chi connectivity index (χ0n) is 9.33. The average Bonchev–Trinajstić information content (AvgIpc) is 2.67. The minimum atomic E-state index is -1.50. The molecule has 0 bridgehead atoms. The van der Waals surface area contributed by atoms with Crippen LogP contribution >= 0.6 is 15.9 Å². The van der Waals surface area contributed by atoms with Gasteiger partial charge in [-0.3, -0.25) is 0 Å². The fraction of sp³-hybridized carbons (Fsp3) is 0.417. The normalized spacial score (nSPS) is 31.3. The number of halogens is 2. The van der Waals surface area contributed by atoms with Gasteiger partial charge in [0.2, 0.25) is 0 Å². The Labute approximate surface area is 112 Å². The molecule has 18 heavy (non-hydrogen) atoms. The van der Waals surface area contributed by atoms with Crippen LogP contribution in [0.1, 0.15) is 10.4 Å². The molecule has 0 aliphatic carbocycles. The Kier molecular flexibility index (Phi) is 4.31. The van der Waals surface area contributed by atoms with Crippen LogP contribution in [0.3, 0.4) is 0 Å². The number of carbonyl (C=O) groups excluding carboxylic acids is 1. The third-order valence-corrected chi connectivity index (χ3v) is 3.39. The molecule has 0 aromatic heterocycles. The van der Waals surface area contributed by atoms with E-state index in [0.29, 0.717) is 5.56 Å². The summed E-state index contributed by atoms with van der Waals surface area (Å²) >= 11 is 2.97. The Morgan fingerprint density at radius 3 is 2.72 bits per heavy atom. The lowest BCUT2D eigenvalue weighted by Gasteiger charge is -2.18. The summed E-state index contributed by atoms with van der Waals surface area (Å²) < 4.78 is 23.9. The Morgan fingerprint density at radius 1 is 1.44 bits per heavy atom. The minimum Gasteiger partial charge on any atom is -0.453 e. The summed E-state index contributed by atoms with van der Waals surface area (Å²) in [6, 6.07) is 8.28. The van der Waals surface area contributed by atoms with Crippen molar-refractivity contribution >= 4 is 21.9 Å². The number of aliphatic hydroxyl groups is 1. The second kappa shape index (κ2) is 5.77. The van der Waals surface area contributed by atoms with E-state index in [1.807, 2.05) is 0 Å². The van der Waals surface area contributed by atoms with Crippen molar-refractivity contribution in [2.24, 2.45) is 0 Å². The van der Waals surface area contributed by atoms with E-state index in [1.165, 1.54) is 0 Å². The molecule has 4 nitrogen and oxygen atoms in total. The maximum atomic E-state index is 13.7. The first kappa shape index (κ1) is 13.5. The number of alkyl halides is 2. The monoisotopic (exact) mass is 318 g/mol. The molecule has 0 radical (unpaired) electrons. The topological polar surface area (TPSA) is 55.8 Å². The first-order chi connectivity index (χ1) is 8.63. The summed E-state index contributed by atoms with van der Waals surface area (Å²) in [7, 11) is 0. The quantitative estimate of drug-likeness (QED) is 0.680. The molecule has 1 aliphatic heterocycles.